The molecule has 1 heterocycles. The second-order valence-electron chi connectivity index (χ2n) is 5.07. The number of carbonyl (C=O) groups is 2. The van der Waals surface area contributed by atoms with Crippen molar-refractivity contribution in [3.8, 4) is 5.75 Å². The van der Waals surface area contributed by atoms with Crippen molar-refractivity contribution in [2.75, 3.05) is 5.01 Å². The lowest BCUT2D eigenvalue weighted by molar-refractivity contribution is -0.274. The molecule has 0 radical (unpaired) electrons. The second-order valence-corrected chi connectivity index (χ2v) is 5.07. The van der Waals surface area contributed by atoms with Crippen molar-refractivity contribution in [2.45, 2.75) is 6.36 Å². The Hall–Kier alpha value is -3.29. The van der Waals surface area contributed by atoms with E-state index in [-0.39, 0.29) is 17.7 Å². The number of fused-ring (bicyclic) bond motifs is 1. The number of ketones is 1. The first-order valence-corrected chi connectivity index (χ1v) is 7.10. The molecule has 0 fully saturated rings. The lowest BCUT2D eigenvalue weighted by Gasteiger charge is -2.28. The van der Waals surface area contributed by atoms with Crippen molar-refractivity contribution < 1.29 is 27.5 Å². The molecule has 0 aromatic heterocycles. The Morgan fingerprint density at radius 2 is 1.76 bits per heavy atom. The summed E-state index contributed by atoms with van der Waals surface area (Å²) in [4.78, 5) is 23.1. The number of anilines is 1. The van der Waals surface area contributed by atoms with Crippen LogP contribution in [0.3, 0.4) is 0 Å². The quantitative estimate of drug-likeness (QED) is 0.665. The van der Waals surface area contributed by atoms with Gasteiger partial charge in [0.2, 0.25) is 5.78 Å². The third-order valence-corrected chi connectivity index (χ3v) is 3.46. The molecular weight excluding hydrogens is 337 g/mol. The van der Waals surface area contributed by atoms with E-state index in [1.54, 1.807) is 30.5 Å². The van der Waals surface area contributed by atoms with Crippen LogP contribution in [0.1, 0.15) is 0 Å². The summed E-state index contributed by atoms with van der Waals surface area (Å²) in [5.74, 6) is -1.15. The standard InChI is InChI=1S/C17H11F3N2O3/c18-17(19,20)25-13-7-5-12(6-8-13)22-16(15(24)10-23)14-4-2-1-3-11(14)9-21-22/h1-10,21H. The number of alkyl halides is 3. The summed E-state index contributed by atoms with van der Waals surface area (Å²) >= 11 is 0. The van der Waals surface area contributed by atoms with E-state index in [1.807, 2.05) is 0 Å². The zero-order valence-electron chi connectivity index (χ0n) is 12.6. The molecule has 25 heavy (non-hydrogen) atoms. The van der Waals surface area contributed by atoms with Crippen molar-refractivity contribution in [1.29, 1.82) is 0 Å². The molecule has 1 aliphatic heterocycles. The molecule has 0 saturated carbocycles. The van der Waals surface area contributed by atoms with Gasteiger partial charge in [0.25, 0.3) is 0 Å². The van der Waals surface area contributed by atoms with Crippen LogP contribution in [0, 0.1) is 0 Å². The predicted molar refractivity (Wildman–Crippen MR) is 83.4 cm³/mol. The molecule has 0 unspecified atom stereocenters. The summed E-state index contributed by atoms with van der Waals surface area (Å²) in [6.07, 6.45) is -2.98. The van der Waals surface area contributed by atoms with Gasteiger partial charge < -0.3 is 10.2 Å². The maximum absolute atomic E-state index is 12.2. The Labute approximate surface area is 139 Å². The smallest absolute Gasteiger partial charge is 0.406 e. The Kier molecular flexibility index (Phi) is 4.18. The molecule has 0 spiro atoms. The molecule has 0 atom stereocenters. The highest BCUT2D eigenvalue weighted by molar-refractivity contribution is 6.45. The average Bonchev–Trinajstić information content (AvgIpc) is 2.59. The number of rotatable bonds is 4. The number of aldehydes is 1. The van der Waals surface area contributed by atoms with E-state index < -0.39 is 12.1 Å². The summed E-state index contributed by atoms with van der Waals surface area (Å²) in [7, 11) is 0. The first-order chi connectivity index (χ1) is 11.9. The average molecular weight is 348 g/mol. The topological polar surface area (TPSA) is 58.6 Å². The van der Waals surface area contributed by atoms with E-state index in [2.05, 4.69) is 10.2 Å². The van der Waals surface area contributed by atoms with E-state index in [0.29, 0.717) is 16.1 Å². The van der Waals surface area contributed by atoms with Gasteiger partial charge in [0.15, 0.2) is 6.29 Å². The Balaban J connectivity index is 2.04. The van der Waals surface area contributed by atoms with Gasteiger partial charge in [0.1, 0.15) is 11.4 Å². The Morgan fingerprint density at radius 3 is 2.40 bits per heavy atom. The predicted octanol–water partition coefficient (Wildman–Crippen LogP) is 1.22. The van der Waals surface area contributed by atoms with Crippen LogP contribution in [0.15, 0.2) is 48.5 Å². The highest BCUT2D eigenvalue weighted by Gasteiger charge is 2.31. The van der Waals surface area contributed by atoms with Crippen LogP contribution in [0.5, 0.6) is 5.75 Å². The maximum atomic E-state index is 12.2. The number of benzene rings is 2. The lowest BCUT2D eigenvalue weighted by atomic mass is 10.1. The van der Waals surface area contributed by atoms with E-state index in [9.17, 15) is 22.8 Å². The number of ether oxygens (including phenoxy) is 1. The van der Waals surface area contributed by atoms with Gasteiger partial charge in [-0.05, 0) is 24.3 Å². The van der Waals surface area contributed by atoms with Crippen LogP contribution >= 0.6 is 0 Å². The molecule has 0 bridgehead atoms. The number of carbonyl (C=O) groups excluding carboxylic acids is 2. The summed E-state index contributed by atoms with van der Waals surface area (Å²) in [6, 6.07) is 11.9. The lowest BCUT2D eigenvalue weighted by Crippen LogP contribution is -2.48. The largest absolute Gasteiger partial charge is 0.573 e. The summed E-state index contributed by atoms with van der Waals surface area (Å²) < 4.78 is 40.5. The minimum absolute atomic E-state index is 0.0811. The number of hydrogen-bond acceptors (Lipinski definition) is 5. The minimum Gasteiger partial charge on any atom is -0.406 e. The summed E-state index contributed by atoms with van der Waals surface area (Å²) in [6.45, 7) is 0. The van der Waals surface area contributed by atoms with Gasteiger partial charge in [0.05, 0.1) is 5.69 Å². The van der Waals surface area contributed by atoms with Crippen LogP contribution in [-0.2, 0) is 9.59 Å². The highest BCUT2D eigenvalue weighted by Crippen LogP contribution is 2.26. The Bertz CT molecular complexity index is 937. The Morgan fingerprint density at radius 1 is 1.08 bits per heavy atom. The van der Waals surface area contributed by atoms with E-state index >= 15 is 0 Å². The molecule has 0 amide bonds. The number of hydrazine groups is 1. The molecule has 3 rings (SSSR count). The van der Waals surface area contributed by atoms with Gasteiger partial charge >= 0.3 is 6.36 Å². The third-order valence-electron chi connectivity index (χ3n) is 3.46. The summed E-state index contributed by atoms with van der Waals surface area (Å²) in [5.41, 5.74) is 3.30. The van der Waals surface area contributed by atoms with Crippen molar-refractivity contribution in [3.63, 3.8) is 0 Å². The van der Waals surface area contributed by atoms with Crippen LogP contribution in [-0.4, -0.2) is 18.4 Å². The number of hydrogen-bond donors (Lipinski definition) is 1. The summed E-state index contributed by atoms with van der Waals surface area (Å²) in [5, 5.41) is 2.58. The van der Waals surface area contributed by atoms with Crippen molar-refractivity contribution >= 4 is 29.7 Å². The van der Waals surface area contributed by atoms with Gasteiger partial charge in [-0.25, -0.2) is 0 Å². The number of halogens is 3. The SMILES string of the molecule is O=CC(=O)C1=c2ccccc2=CNN1c1ccc(OC(F)(F)F)cc1. The van der Waals surface area contributed by atoms with Crippen LogP contribution in [0.25, 0.3) is 11.9 Å². The number of Topliss-reactive ketones (excluding diaryl/α,β-unsaturated/α-hetero) is 1. The van der Waals surface area contributed by atoms with Gasteiger partial charge in [-0.15, -0.1) is 13.2 Å². The molecule has 5 nitrogen and oxygen atoms in total. The normalized spacial score (nSPS) is 13.4. The van der Waals surface area contributed by atoms with E-state index in [1.165, 1.54) is 17.1 Å². The first kappa shape index (κ1) is 16.6. The molecule has 0 saturated heterocycles. The second kappa shape index (κ2) is 6.31. The fourth-order valence-electron chi connectivity index (χ4n) is 2.46. The molecule has 1 aliphatic rings. The van der Waals surface area contributed by atoms with E-state index in [0.717, 1.165) is 12.1 Å². The molecule has 0 aliphatic carbocycles. The van der Waals surface area contributed by atoms with E-state index in [4.69, 9.17) is 0 Å². The highest BCUT2D eigenvalue weighted by atomic mass is 19.4. The third kappa shape index (κ3) is 3.47. The molecule has 1 N–H and O–H groups in total. The molecule has 2 aromatic carbocycles. The van der Waals surface area contributed by atoms with Gasteiger partial charge in [-0.1, -0.05) is 24.3 Å². The molecule has 8 heteroatoms. The number of nitrogens with zero attached hydrogens (tertiary/aromatic N) is 1. The molecule has 2 aromatic rings. The molecular formula is C17H11F3N2O3. The van der Waals surface area contributed by atoms with Crippen molar-refractivity contribution in [2.24, 2.45) is 0 Å². The van der Waals surface area contributed by atoms with Gasteiger partial charge in [-0.3, -0.25) is 14.6 Å². The van der Waals surface area contributed by atoms with Gasteiger partial charge in [0, 0.05) is 16.6 Å². The molecule has 128 valence electrons. The van der Waals surface area contributed by atoms with Crippen LogP contribution in [0.4, 0.5) is 18.9 Å². The van der Waals surface area contributed by atoms with Crippen LogP contribution < -0.4 is 25.6 Å². The first-order valence-electron chi connectivity index (χ1n) is 7.10. The van der Waals surface area contributed by atoms with Gasteiger partial charge in [-0.2, -0.15) is 0 Å². The number of nitrogens with one attached hydrogen (secondary N) is 1. The maximum Gasteiger partial charge on any atom is 0.573 e. The van der Waals surface area contributed by atoms with Crippen LogP contribution in [0.2, 0.25) is 0 Å². The fourth-order valence-corrected chi connectivity index (χ4v) is 2.46. The monoisotopic (exact) mass is 348 g/mol. The zero-order chi connectivity index (χ0) is 18.0. The van der Waals surface area contributed by atoms with Crippen molar-refractivity contribution in [3.05, 3.63) is 59.0 Å². The zero-order valence-corrected chi connectivity index (χ0v) is 12.6. The minimum atomic E-state index is -4.79. The van der Waals surface area contributed by atoms with Crippen molar-refractivity contribution in [1.82, 2.24) is 5.43 Å². The fraction of sp³-hybridized carbons (Fsp3) is 0.0588.